The number of thiocarbonyl (C=S) groups is 1. The zero-order valence-corrected chi connectivity index (χ0v) is 22.3. The van der Waals surface area contributed by atoms with Gasteiger partial charge in [0, 0.05) is 18.9 Å². The molecule has 9 heteroatoms. The number of benzene rings is 1. The van der Waals surface area contributed by atoms with Crippen molar-refractivity contribution in [2.45, 2.75) is 38.8 Å². The summed E-state index contributed by atoms with van der Waals surface area (Å²) >= 11 is 6.71. The minimum absolute atomic E-state index is 0.109. The van der Waals surface area contributed by atoms with Crippen LogP contribution in [0, 0.1) is 5.92 Å². The Balaban J connectivity index is 1.23. The highest BCUT2D eigenvalue weighted by atomic mass is 32.2. The van der Waals surface area contributed by atoms with Gasteiger partial charge in [-0.1, -0.05) is 43.0 Å². The van der Waals surface area contributed by atoms with E-state index in [-0.39, 0.29) is 24.8 Å². The van der Waals surface area contributed by atoms with Gasteiger partial charge in [-0.25, -0.2) is 0 Å². The van der Waals surface area contributed by atoms with Crippen molar-refractivity contribution in [2.75, 3.05) is 13.7 Å². The SMILES string of the molecule is COc1ccc(/C=C2\SC(=S)N(CCC(=O)N(Cc3ccco3)Cc3ccc(C4CC4C)o3)C2=O)cc1. The van der Waals surface area contributed by atoms with Crippen LogP contribution in [0.2, 0.25) is 0 Å². The van der Waals surface area contributed by atoms with E-state index in [0.717, 1.165) is 29.3 Å². The molecule has 37 heavy (non-hydrogen) atoms. The molecule has 192 valence electrons. The lowest BCUT2D eigenvalue weighted by Crippen LogP contribution is -2.35. The first-order chi connectivity index (χ1) is 17.9. The van der Waals surface area contributed by atoms with Crippen LogP contribution in [0.1, 0.15) is 48.5 Å². The van der Waals surface area contributed by atoms with Crippen LogP contribution >= 0.6 is 24.0 Å². The zero-order chi connectivity index (χ0) is 25.9. The summed E-state index contributed by atoms with van der Waals surface area (Å²) in [5.41, 5.74) is 0.875. The fourth-order valence-electron chi connectivity index (χ4n) is 4.32. The predicted octanol–water partition coefficient (Wildman–Crippen LogP) is 5.82. The summed E-state index contributed by atoms with van der Waals surface area (Å²) < 4.78 is 17.2. The quantitative estimate of drug-likeness (QED) is 0.239. The summed E-state index contributed by atoms with van der Waals surface area (Å²) in [4.78, 5) is 30.1. The molecule has 3 aromatic rings. The van der Waals surface area contributed by atoms with Crippen LogP contribution in [0.15, 0.2) is 68.5 Å². The molecule has 1 aromatic carbocycles. The lowest BCUT2D eigenvalue weighted by atomic mass is 10.2. The number of methoxy groups -OCH3 is 1. The monoisotopic (exact) mass is 536 g/mol. The molecule has 0 N–H and O–H groups in total. The normalized spacial score (nSPS) is 20.1. The summed E-state index contributed by atoms with van der Waals surface area (Å²) in [6.07, 6.45) is 4.67. The minimum Gasteiger partial charge on any atom is -0.497 e. The Morgan fingerprint density at radius 3 is 2.62 bits per heavy atom. The average Bonchev–Trinajstić information content (AvgIpc) is 3.25. The Morgan fingerprint density at radius 2 is 1.95 bits per heavy atom. The van der Waals surface area contributed by atoms with Crippen LogP contribution in [0.4, 0.5) is 0 Å². The molecule has 0 bridgehead atoms. The molecule has 1 aliphatic heterocycles. The number of rotatable bonds is 10. The lowest BCUT2D eigenvalue weighted by Gasteiger charge is -2.22. The molecule has 0 spiro atoms. The number of hydrogen-bond donors (Lipinski definition) is 0. The standard InChI is InChI=1S/C28H28N2O5S2/c1-18-14-23(18)24-10-9-22(35-24)17-29(16-21-4-3-13-34-21)26(31)11-12-30-27(32)25(37-28(30)36)15-19-5-7-20(33-2)8-6-19/h3-10,13,15,18,23H,11-12,14,16-17H2,1-2H3/b25-15-. The molecule has 2 fully saturated rings. The Labute approximate surface area is 225 Å². The molecule has 2 amide bonds. The topological polar surface area (TPSA) is 76.1 Å². The maximum absolute atomic E-state index is 13.3. The Kier molecular flexibility index (Phi) is 7.53. The highest BCUT2D eigenvalue weighted by molar-refractivity contribution is 8.26. The number of ether oxygens (including phenoxy) is 1. The van der Waals surface area contributed by atoms with Gasteiger partial charge in [0.1, 0.15) is 27.4 Å². The van der Waals surface area contributed by atoms with E-state index in [2.05, 4.69) is 6.92 Å². The van der Waals surface area contributed by atoms with Crippen molar-refractivity contribution in [3.8, 4) is 5.75 Å². The summed E-state index contributed by atoms with van der Waals surface area (Å²) in [7, 11) is 1.61. The lowest BCUT2D eigenvalue weighted by molar-refractivity contribution is -0.133. The van der Waals surface area contributed by atoms with Gasteiger partial charge >= 0.3 is 0 Å². The van der Waals surface area contributed by atoms with Crippen LogP contribution in [0.3, 0.4) is 0 Å². The second-order valence-electron chi connectivity index (χ2n) is 9.31. The smallest absolute Gasteiger partial charge is 0.266 e. The molecule has 2 unspecified atom stereocenters. The molecule has 2 atom stereocenters. The third kappa shape index (κ3) is 5.99. The van der Waals surface area contributed by atoms with E-state index in [9.17, 15) is 9.59 Å². The molecule has 1 saturated carbocycles. The number of thioether (sulfide) groups is 1. The molecule has 5 rings (SSSR count). The Bertz CT molecular complexity index is 1310. The van der Waals surface area contributed by atoms with Gasteiger partial charge in [-0.15, -0.1) is 0 Å². The van der Waals surface area contributed by atoms with Crippen molar-refractivity contribution in [1.29, 1.82) is 0 Å². The van der Waals surface area contributed by atoms with E-state index >= 15 is 0 Å². The average molecular weight is 537 g/mol. The summed E-state index contributed by atoms with van der Waals surface area (Å²) in [5.74, 6) is 3.97. The van der Waals surface area contributed by atoms with Gasteiger partial charge in [0.05, 0.1) is 31.4 Å². The molecule has 2 aromatic heterocycles. The van der Waals surface area contributed by atoms with Gasteiger partial charge in [0.15, 0.2) is 0 Å². The van der Waals surface area contributed by atoms with Crippen molar-refractivity contribution in [1.82, 2.24) is 9.80 Å². The number of nitrogens with zero attached hydrogens (tertiary/aromatic N) is 2. The molecular weight excluding hydrogens is 508 g/mol. The number of furan rings is 2. The van der Waals surface area contributed by atoms with Crippen LogP contribution in [-0.2, 0) is 22.7 Å². The van der Waals surface area contributed by atoms with E-state index < -0.39 is 0 Å². The van der Waals surface area contributed by atoms with E-state index in [1.54, 1.807) is 30.4 Å². The van der Waals surface area contributed by atoms with E-state index in [0.29, 0.717) is 39.9 Å². The highest BCUT2D eigenvalue weighted by Gasteiger charge is 2.37. The van der Waals surface area contributed by atoms with E-state index in [4.69, 9.17) is 25.8 Å². The Morgan fingerprint density at radius 1 is 1.19 bits per heavy atom. The van der Waals surface area contributed by atoms with Gasteiger partial charge < -0.3 is 18.5 Å². The summed E-state index contributed by atoms with van der Waals surface area (Å²) in [6.45, 7) is 3.06. The summed E-state index contributed by atoms with van der Waals surface area (Å²) in [5, 5.41) is 0. The zero-order valence-electron chi connectivity index (χ0n) is 20.7. The van der Waals surface area contributed by atoms with E-state index in [1.165, 1.54) is 16.7 Å². The molecule has 3 heterocycles. The third-order valence-electron chi connectivity index (χ3n) is 6.62. The number of amides is 2. The van der Waals surface area contributed by atoms with Crippen LogP contribution < -0.4 is 4.74 Å². The van der Waals surface area contributed by atoms with Crippen LogP contribution in [0.25, 0.3) is 6.08 Å². The van der Waals surface area contributed by atoms with Gasteiger partial charge in [-0.2, -0.15) is 0 Å². The number of carbonyl (C=O) groups excluding carboxylic acids is 2. The van der Waals surface area contributed by atoms with Crippen molar-refractivity contribution in [2.24, 2.45) is 5.92 Å². The van der Waals surface area contributed by atoms with Gasteiger partial charge in [0.2, 0.25) is 5.91 Å². The first-order valence-electron chi connectivity index (χ1n) is 12.2. The maximum atomic E-state index is 13.3. The second-order valence-corrected chi connectivity index (χ2v) is 11.0. The third-order valence-corrected chi connectivity index (χ3v) is 8.00. The van der Waals surface area contributed by atoms with Crippen LogP contribution in [-0.4, -0.2) is 39.6 Å². The molecule has 7 nitrogen and oxygen atoms in total. The summed E-state index contributed by atoms with van der Waals surface area (Å²) in [6, 6.07) is 15.0. The van der Waals surface area contributed by atoms with Crippen molar-refractivity contribution < 1.29 is 23.2 Å². The molecule has 2 aliphatic rings. The predicted molar refractivity (Wildman–Crippen MR) is 146 cm³/mol. The molecule has 1 saturated heterocycles. The van der Waals surface area contributed by atoms with Crippen molar-refractivity contribution in [3.05, 3.63) is 82.5 Å². The number of hydrogen-bond acceptors (Lipinski definition) is 7. The van der Waals surface area contributed by atoms with Crippen molar-refractivity contribution >= 4 is 46.2 Å². The molecule has 1 aliphatic carbocycles. The number of carbonyl (C=O) groups is 2. The molecule has 0 radical (unpaired) electrons. The fourth-order valence-corrected chi connectivity index (χ4v) is 5.63. The first-order valence-corrected chi connectivity index (χ1v) is 13.4. The van der Waals surface area contributed by atoms with Gasteiger partial charge in [-0.05, 0) is 60.4 Å². The highest BCUT2D eigenvalue weighted by Crippen LogP contribution is 2.47. The maximum Gasteiger partial charge on any atom is 0.266 e. The van der Waals surface area contributed by atoms with Gasteiger partial charge in [-0.3, -0.25) is 14.5 Å². The van der Waals surface area contributed by atoms with Crippen molar-refractivity contribution in [3.63, 3.8) is 0 Å². The van der Waals surface area contributed by atoms with Gasteiger partial charge in [0.25, 0.3) is 5.91 Å². The second kappa shape index (κ2) is 11.0. The minimum atomic E-state index is -0.189. The van der Waals surface area contributed by atoms with Crippen LogP contribution in [0.5, 0.6) is 5.75 Å². The first kappa shape index (κ1) is 25.4. The molecular formula is C28H28N2O5S2. The Hall–Kier alpha value is -3.30. The largest absolute Gasteiger partial charge is 0.497 e. The van der Waals surface area contributed by atoms with E-state index in [1.807, 2.05) is 42.5 Å². The fraction of sp³-hybridized carbons (Fsp3) is 0.321.